The third-order valence-corrected chi connectivity index (χ3v) is 7.82. The summed E-state index contributed by atoms with van der Waals surface area (Å²) >= 11 is 6.03. The van der Waals surface area contributed by atoms with Crippen LogP contribution >= 0.6 is 67.8 Å². The predicted molar refractivity (Wildman–Crippen MR) is 134 cm³/mol. The minimum absolute atomic E-state index is 0.00971. The number of alkyl halides is 3. The van der Waals surface area contributed by atoms with E-state index in [2.05, 4.69) is 27.3 Å². The first-order valence-electron chi connectivity index (χ1n) is 9.25. The molecule has 8 nitrogen and oxygen atoms in total. The van der Waals surface area contributed by atoms with Crippen molar-refractivity contribution in [3.63, 3.8) is 0 Å². The van der Waals surface area contributed by atoms with Crippen molar-refractivity contribution in [3.05, 3.63) is 22.8 Å². The summed E-state index contributed by atoms with van der Waals surface area (Å²) in [6, 6.07) is 3.52. The van der Waals surface area contributed by atoms with Gasteiger partial charge in [0, 0.05) is 10.7 Å². The van der Waals surface area contributed by atoms with Gasteiger partial charge < -0.3 is 14.2 Å². The zero-order chi connectivity index (χ0) is 25.1. The largest absolute Gasteiger partial charge is 0.451 e. The van der Waals surface area contributed by atoms with Crippen molar-refractivity contribution < 1.29 is 49.9 Å². The Bertz CT molecular complexity index is 979. The van der Waals surface area contributed by atoms with E-state index in [-0.39, 0.29) is 12.2 Å². The molecular weight excluding hydrogens is 814 g/mol. The summed E-state index contributed by atoms with van der Waals surface area (Å²) in [4.78, 5) is 25.8. The van der Waals surface area contributed by atoms with E-state index in [1.165, 1.54) is 7.11 Å². The molecule has 186 valence electrons. The molecule has 0 amide bonds. The lowest BCUT2D eigenvalue weighted by Crippen LogP contribution is -2.47. The SMILES string of the molecule is COC1CCCC(C(=O)OC(CS(=O)(=O)O)C(F)(F)F)C1C(=O)Oc1c(I)cc(I)cc1I. The van der Waals surface area contributed by atoms with Crippen LogP contribution in [0.5, 0.6) is 5.75 Å². The van der Waals surface area contributed by atoms with Gasteiger partial charge >= 0.3 is 18.1 Å². The number of esters is 2. The van der Waals surface area contributed by atoms with E-state index < -0.39 is 58.0 Å². The monoisotopic (exact) mass is 832 g/mol. The molecule has 0 aliphatic heterocycles. The number of ether oxygens (including phenoxy) is 3. The van der Waals surface area contributed by atoms with Crippen LogP contribution in [-0.2, 0) is 29.2 Å². The Balaban J connectivity index is 2.32. The highest BCUT2D eigenvalue weighted by Gasteiger charge is 2.50. The van der Waals surface area contributed by atoms with Crippen LogP contribution < -0.4 is 4.74 Å². The zero-order valence-electron chi connectivity index (χ0n) is 16.8. The molecule has 1 aromatic carbocycles. The fourth-order valence-corrected chi connectivity index (χ4v) is 7.85. The van der Waals surface area contributed by atoms with Gasteiger partial charge in [0.2, 0.25) is 6.10 Å². The molecule has 0 bridgehead atoms. The van der Waals surface area contributed by atoms with Gasteiger partial charge in [-0.2, -0.15) is 21.6 Å². The number of carbonyl (C=O) groups is 2. The second kappa shape index (κ2) is 11.8. The molecule has 1 aliphatic rings. The van der Waals surface area contributed by atoms with E-state index >= 15 is 0 Å². The number of hydrogen-bond donors (Lipinski definition) is 1. The molecule has 4 unspecified atom stereocenters. The van der Waals surface area contributed by atoms with Gasteiger partial charge in [-0.15, -0.1) is 0 Å². The lowest BCUT2D eigenvalue weighted by atomic mass is 9.77. The van der Waals surface area contributed by atoms with Gasteiger partial charge in [-0.3, -0.25) is 14.1 Å². The molecular formula is C18H18F3I3O8S. The lowest BCUT2D eigenvalue weighted by Gasteiger charge is -2.35. The lowest BCUT2D eigenvalue weighted by molar-refractivity contribution is -0.220. The van der Waals surface area contributed by atoms with Crippen LogP contribution in [0.3, 0.4) is 0 Å². The highest BCUT2D eigenvalue weighted by atomic mass is 127. The Labute approximate surface area is 228 Å². The molecule has 2 rings (SSSR count). The molecule has 1 aromatic rings. The summed E-state index contributed by atoms with van der Waals surface area (Å²) in [5.74, 6) is -6.54. The molecule has 0 spiro atoms. The fraction of sp³-hybridized carbons (Fsp3) is 0.556. The summed E-state index contributed by atoms with van der Waals surface area (Å²) in [6.45, 7) is 0. The number of halogens is 6. The van der Waals surface area contributed by atoms with Crippen LogP contribution in [0, 0.1) is 22.5 Å². The topological polar surface area (TPSA) is 116 Å². The number of carbonyl (C=O) groups excluding carboxylic acids is 2. The second-order valence-electron chi connectivity index (χ2n) is 7.17. The van der Waals surface area contributed by atoms with Gasteiger partial charge in [0.15, 0.2) is 5.75 Å². The third-order valence-electron chi connectivity index (χ3n) is 4.87. The Kier molecular flexibility index (Phi) is 10.5. The van der Waals surface area contributed by atoms with Crippen molar-refractivity contribution in [1.82, 2.24) is 0 Å². The molecule has 1 aliphatic carbocycles. The predicted octanol–water partition coefficient (Wildman–Crippen LogP) is 4.20. The minimum Gasteiger partial charge on any atom is -0.451 e. The van der Waals surface area contributed by atoms with Crippen molar-refractivity contribution >= 4 is 89.8 Å². The molecule has 0 saturated heterocycles. The van der Waals surface area contributed by atoms with Crippen LogP contribution in [0.4, 0.5) is 13.2 Å². The minimum atomic E-state index is -5.25. The first-order valence-corrected chi connectivity index (χ1v) is 14.1. The molecule has 1 N–H and O–H groups in total. The smallest absolute Gasteiger partial charge is 0.426 e. The van der Waals surface area contributed by atoms with Gasteiger partial charge in [0.05, 0.1) is 25.1 Å². The van der Waals surface area contributed by atoms with E-state index in [4.69, 9.17) is 14.0 Å². The van der Waals surface area contributed by atoms with E-state index in [9.17, 15) is 31.2 Å². The Morgan fingerprint density at radius 1 is 1.15 bits per heavy atom. The summed E-state index contributed by atoms with van der Waals surface area (Å²) in [7, 11) is -3.80. The number of hydrogen-bond acceptors (Lipinski definition) is 7. The van der Waals surface area contributed by atoms with Crippen LogP contribution in [0.1, 0.15) is 19.3 Å². The van der Waals surface area contributed by atoms with Gasteiger partial charge in [-0.1, -0.05) is 0 Å². The molecule has 0 heterocycles. The molecule has 1 fully saturated rings. The van der Waals surface area contributed by atoms with E-state index in [1.54, 1.807) is 12.1 Å². The van der Waals surface area contributed by atoms with Crippen molar-refractivity contribution in [3.8, 4) is 5.75 Å². The highest BCUT2D eigenvalue weighted by Crippen LogP contribution is 2.37. The van der Waals surface area contributed by atoms with Gasteiger partial charge in [0.25, 0.3) is 10.1 Å². The van der Waals surface area contributed by atoms with Gasteiger partial charge in [-0.05, 0) is 99.2 Å². The first kappa shape index (κ1) is 29.2. The molecule has 0 aromatic heterocycles. The average molecular weight is 832 g/mol. The summed E-state index contributed by atoms with van der Waals surface area (Å²) < 4.78 is 87.8. The number of rotatable bonds is 7. The molecule has 33 heavy (non-hydrogen) atoms. The quantitative estimate of drug-likeness (QED) is 0.188. The fourth-order valence-electron chi connectivity index (χ4n) is 3.41. The van der Waals surface area contributed by atoms with Gasteiger partial charge in [-0.25, -0.2) is 0 Å². The molecule has 0 radical (unpaired) electrons. The molecule has 15 heteroatoms. The maximum atomic E-state index is 13.2. The average Bonchev–Trinajstić information content (AvgIpc) is 2.67. The first-order chi connectivity index (χ1) is 15.1. The van der Waals surface area contributed by atoms with E-state index in [0.717, 1.165) is 3.57 Å². The molecule has 4 atom stereocenters. The van der Waals surface area contributed by atoms with E-state index in [0.29, 0.717) is 20.0 Å². The van der Waals surface area contributed by atoms with Crippen LogP contribution in [0.15, 0.2) is 12.1 Å². The van der Waals surface area contributed by atoms with Crippen LogP contribution in [-0.4, -0.2) is 56.2 Å². The summed E-state index contributed by atoms with van der Waals surface area (Å²) in [5, 5.41) is 0. The maximum Gasteiger partial charge on any atom is 0.426 e. The Hall–Kier alpha value is 0.0100. The standard InChI is InChI=1S/C18H18F3I3O8S/c1-30-12-4-2-3-9(16(25)31-13(18(19,20)21)7-33(27,28)29)14(12)17(26)32-15-10(23)5-8(22)6-11(15)24/h5-6,9,12-14H,2-4,7H2,1H3,(H,27,28,29). The number of benzene rings is 1. The van der Waals surface area contributed by atoms with Crippen LogP contribution in [0.25, 0.3) is 0 Å². The van der Waals surface area contributed by atoms with Crippen molar-refractivity contribution in [2.75, 3.05) is 12.9 Å². The maximum absolute atomic E-state index is 13.2. The van der Waals surface area contributed by atoms with Crippen molar-refractivity contribution in [1.29, 1.82) is 0 Å². The van der Waals surface area contributed by atoms with Gasteiger partial charge in [0.1, 0.15) is 5.75 Å². The number of methoxy groups -OCH3 is 1. The van der Waals surface area contributed by atoms with Crippen molar-refractivity contribution in [2.24, 2.45) is 11.8 Å². The van der Waals surface area contributed by atoms with E-state index in [1.807, 2.05) is 45.2 Å². The summed E-state index contributed by atoms with van der Waals surface area (Å²) in [6.07, 6.45) is -8.43. The highest BCUT2D eigenvalue weighted by molar-refractivity contribution is 14.1. The van der Waals surface area contributed by atoms with Crippen LogP contribution in [0.2, 0.25) is 0 Å². The summed E-state index contributed by atoms with van der Waals surface area (Å²) in [5.41, 5.74) is 0. The normalized spacial score (nSPS) is 22.5. The zero-order valence-corrected chi connectivity index (χ0v) is 24.1. The third kappa shape index (κ3) is 8.28. The Morgan fingerprint density at radius 2 is 1.73 bits per heavy atom. The second-order valence-corrected chi connectivity index (χ2v) is 12.2. The Morgan fingerprint density at radius 3 is 2.21 bits per heavy atom. The molecule has 1 saturated carbocycles. The van der Waals surface area contributed by atoms with Crippen molar-refractivity contribution in [2.45, 2.75) is 37.6 Å².